The van der Waals surface area contributed by atoms with Gasteiger partial charge in [0.25, 0.3) is 0 Å². The number of benzene rings is 2. The smallest absolute Gasteiger partial charge is 0.0565 e. The van der Waals surface area contributed by atoms with Crippen molar-refractivity contribution >= 4 is 21.6 Å². The first-order valence-corrected chi connectivity index (χ1v) is 8.74. The molecule has 2 aliphatic rings. The van der Waals surface area contributed by atoms with Crippen LogP contribution in [0.4, 0.5) is 5.69 Å². The van der Waals surface area contributed by atoms with E-state index in [1.165, 1.54) is 32.4 Å². The van der Waals surface area contributed by atoms with Crippen LogP contribution in [-0.2, 0) is 0 Å². The molecule has 1 aliphatic heterocycles. The highest BCUT2D eigenvalue weighted by Crippen LogP contribution is 2.51. The molecular formula is C20H20BrN. The largest absolute Gasteiger partial charge is 0.377 e. The molecule has 3 atom stereocenters. The Bertz CT molecular complexity index is 762. The number of fused-ring (bicyclic) bond motifs is 3. The van der Waals surface area contributed by atoms with Gasteiger partial charge in [0.05, 0.1) is 6.04 Å². The van der Waals surface area contributed by atoms with Gasteiger partial charge < -0.3 is 5.32 Å². The van der Waals surface area contributed by atoms with E-state index >= 15 is 0 Å². The quantitative estimate of drug-likeness (QED) is 0.630. The van der Waals surface area contributed by atoms with Crippen LogP contribution in [0.2, 0.25) is 0 Å². The molecule has 0 radical (unpaired) electrons. The van der Waals surface area contributed by atoms with Gasteiger partial charge >= 0.3 is 0 Å². The fraction of sp³-hybridized carbons (Fsp3) is 0.300. The van der Waals surface area contributed by atoms with Crippen molar-refractivity contribution in [3.63, 3.8) is 0 Å². The van der Waals surface area contributed by atoms with Gasteiger partial charge in [-0.25, -0.2) is 0 Å². The molecule has 0 spiro atoms. The monoisotopic (exact) mass is 353 g/mol. The number of nitrogens with one attached hydrogen (secondary N) is 1. The molecule has 0 fully saturated rings. The second-order valence-electron chi connectivity index (χ2n) is 6.47. The summed E-state index contributed by atoms with van der Waals surface area (Å²) in [5.74, 6) is 1.14. The van der Waals surface area contributed by atoms with Crippen LogP contribution < -0.4 is 5.32 Å². The summed E-state index contributed by atoms with van der Waals surface area (Å²) < 4.78 is 1.20. The molecule has 1 nitrogen and oxygen atoms in total. The zero-order valence-corrected chi connectivity index (χ0v) is 14.5. The van der Waals surface area contributed by atoms with Gasteiger partial charge in [0.15, 0.2) is 0 Å². The van der Waals surface area contributed by atoms with Crippen molar-refractivity contribution in [2.75, 3.05) is 5.32 Å². The Morgan fingerprint density at radius 2 is 1.86 bits per heavy atom. The molecule has 0 unspecified atom stereocenters. The third kappa shape index (κ3) is 2.04. The molecule has 0 amide bonds. The van der Waals surface area contributed by atoms with Crippen molar-refractivity contribution in [2.24, 2.45) is 5.92 Å². The van der Waals surface area contributed by atoms with E-state index in [1.54, 1.807) is 0 Å². The van der Waals surface area contributed by atoms with E-state index in [1.807, 2.05) is 0 Å². The molecule has 2 heteroatoms. The van der Waals surface area contributed by atoms with Gasteiger partial charge in [0.1, 0.15) is 0 Å². The maximum atomic E-state index is 3.86. The SMILES string of the molecule is Cc1ccc2c(c1C)N[C@H](c1ccccc1Br)[C@@H]1CC=C[C@H]21. The molecule has 1 aliphatic carbocycles. The van der Waals surface area contributed by atoms with Gasteiger partial charge in [-0.2, -0.15) is 0 Å². The summed E-state index contributed by atoms with van der Waals surface area (Å²) in [6.07, 6.45) is 5.91. The summed E-state index contributed by atoms with van der Waals surface area (Å²) in [5, 5.41) is 3.86. The minimum absolute atomic E-state index is 0.364. The third-order valence-electron chi connectivity index (χ3n) is 5.31. The number of aryl methyl sites for hydroxylation is 1. The zero-order valence-electron chi connectivity index (χ0n) is 12.9. The highest BCUT2D eigenvalue weighted by molar-refractivity contribution is 9.10. The highest BCUT2D eigenvalue weighted by atomic mass is 79.9. The van der Waals surface area contributed by atoms with Gasteiger partial charge in [0, 0.05) is 16.1 Å². The van der Waals surface area contributed by atoms with Crippen molar-refractivity contribution in [3.05, 3.63) is 75.3 Å². The van der Waals surface area contributed by atoms with Crippen LogP contribution in [0.5, 0.6) is 0 Å². The van der Waals surface area contributed by atoms with Gasteiger partial charge in [-0.1, -0.05) is 58.4 Å². The van der Waals surface area contributed by atoms with Crippen LogP contribution >= 0.6 is 15.9 Å². The molecule has 2 aromatic carbocycles. The molecule has 0 saturated heterocycles. The topological polar surface area (TPSA) is 12.0 Å². The van der Waals surface area contributed by atoms with Gasteiger partial charge in [-0.05, 0) is 54.5 Å². The molecule has 2 aromatic rings. The first kappa shape index (κ1) is 14.1. The third-order valence-corrected chi connectivity index (χ3v) is 6.03. The Hall–Kier alpha value is -1.54. The average molecular weight is 354 g/mol. The van der Waals surface area contributed by atoms with Crippen LogP contribution in [0.15, 0.2) is 53.0 Å². The lowest BCUT2D eigenvalue weighted by molar-refractivity contribution is 0.424. The average Bonchev–Trinajstić information content (AvgIpc) is 3.00. The molecule has 1 heterocycles. The van der Waals surface area contributed by atoms with Gasteiger partial charge in [0.2, 0.25) is 0 Å². The van der Waals surface area contributed by atoms with Crippen LogP contribution in [0.3, 0.4) is 0 Å². The van der Waals surface area contributed by atoms with Gasteiger partial charge in [-0.15, -0.1) is 0 Å². The van der Waals surface area contributed by atoms with Crippen molar-refractivity contribution in [1.82, 2.24) is 0 Å². The molecule has 112 valence electrons. The predicted molar refractivity (Wildman–Crippen MR) is 96.4 cm³/mol. The van der Waals surface area contributed by atoms with E-state index in [4.69, 9.17) is 0 Å². The Morgan fingerprint density at radius 3 is 2.68 bits per heavy atom. The van der Waals surface area contributed by atoms with Crippen LogP contribution in [0.25, 0.3) is 0 Å². The summed E-state index contributed by atoms with van der Waals surface area (Å²) in [7, 11) is 0. The molecule has 1 N–H and O–H groups in total. The van der Waals surface area contributed by atoms with E-state index in [2.05, 4.69) is 83.6 Å². The summed E-state index contributed by atoms with van der Waals surface area (Å²) in [6, 6.07) is 13.6. The summed E-state index contributed by atoms with van der Waals surface area (Å²) >= 11 is 3.74. The van der Waals surface area contributed by atoms with Crippen LogP contribution in [0.1, 0.15) is 40.6 Å². The Morgan fingerprint density at radius 1 is 1.05 bits per heavy atom. The first-order chi connectivity index (χ1) is 10.7. The Balaban J connectivity index is 1.87. The number of allylic oxidation sites excluding steroid dienone is 2. The van der Waals surface area contributed by atoms with Crippen molar-refractivity contribution < 1.29 is 0 Å². The minimum atomic E-state index is 0.364. The molecule has 0 bridgehead atoms. The normalized spacial score (nSPS) is 25.5. The van der Waals surface area contributed by atoms with E-state index < -0.39 is 0 Å². The molecule has 0 saturated carbocycles. The summed E-state index contributed by atoms with van der Waals surface area (Å²) in [4.78, 5) is 0. The van der Waals surface area contributed by atoms with E-state index in [0.717, 1.165) is 6.42 Å². The summed E-state index contributed by atoms with van der Waals surface area (Å²) in [5.41, 5.74) is 6.91. The number of rotatable bonds is 1. The van der Waals surface area contributed by atoms with Crippen molar-refractivity contribution in [2.45, 2.75) is 32.2 Å². The fourth-order valence-corrected chi connectivity index (χ4v) is 4.49. The van der Waals surface area contributed by atoms with Crippen molar-refractivity contribution in [1.29, 1.82) is 0 Å². The van der Waals surface area contributed by atoms with Crippen molar-refractivity contribution in [3.8, 4) is 0 Å². The summed E-state index contributed by atoms with van der Waals surface area (Å²) in [6.45, 7) is 4.43. The molecule has 0 aromatic heterocycles. The lowest BCUT2D eigenvalue weighted by atomic mass is 9.76. The van der Waals surface area contributed by atoms with Crippen LogP contribution in [0, 0.1) is 19.8 Å². The standard InChI is InChI=1S/C20H20BrN/c1-12-10-11-16-14-7-5-8-15(14)20(22-19(16)13(12)2)17-6-3-4-9-18(17)21/h3-7,9-11,14-15,20,22H,8H2,1-2H3/t14-,15+,20-/m0/s1. The zero-order chi connectivity index (χ0) is 15.3. The first-order valence-electron chi connectivity index (χ1n) is 7.94. The maximum Gasteiger partial charge on any atom is 0.0565 e. The Kier molecular flexibility index (Phi) is 3.37. The second kappa shape index (κ2) is 5.27. The number of hydrogen-bond donors (Lipinski definition) is 1. The van der Waals surface area contributed by atoms with E-state index in [0.29, 0.717) is 17.9 Å². The predicted octanol–water partition coefficient (Wildman–Crippen LogP) is 5.89. The second-order valence-corrected chi connectivity index (χ2v) is 7.32. The lowest BCUT2D eigenvalue weighted by Gasteiger charge is -2.39. The number of halogens is 1. The van der Waals surface area contributed by atoms with Crippen LogP contribution in [-0.4, -0.2) is 0 Å². The highest BCUT2D eigenvalue weighted by Gasteiger charge is 2.38. The lowest BCUT2D eigenvalue weighted by Crippen LogP contribution is -2.30. The van der Waals surface area contributed by atoms with Gasteiger partial charge in [-0.3, -0.25) is 0 Å². The molecule has 4 rings (SSSR count). The minimum Gasteiger partial charge on any atom is -0.377 e. The van der Waals surface area contributed by atoms with E-state index in [-0.39, 0.29) is 0 Å². The molecule has 22 heavy (non-hydrogen) atoms. The number of anilines is 1. The Labute approximate surface area is 140 Å². The fourth-order valence-electron chi connectivity index (χ4n) is 3.95. The molecular weight excluding hydrogens is 334 g/mol. The number of hydrogen-bond acceptors (Lipinski definition) is 1. The van der Waals surface area contributed by atoms with E-state index in [9.17, 15) is 0 Å². The maximum absolute atomic E-state index is 3.86.